The lowest BCUT2D eigenvalue weighted by molar-refractivity contribution is -0.253. The van der Waals surface area contributed by atoms with Crippen LogP contribution in [0, 0.1) is 0 Å². The summed E-state index contributed by atoms with van der Waals surface area (Å²) in [6.07, 6.45) is -5.05. The first-order valence-corrected chi connectivity index (χ1v) is 5.11. The maximum Gasteiger partial charge on any atom is 0.220 e. The largest absolute Gasteiger partial charge is 0.394 e. The van der Waals surface area contributed by atoms with Gasteiger partial charge in [-0.2, -0.15) is 0 Å². The summed E-state index contributed by atoms with van der Waals surface area (Å²) < 4.78 is 4.86. The molecular weight excluding hydrogens is 218 g/mol. The van der Waals surface area contributed by atoms with E-state index in [9.17, 15) is 20.1 Å². The van der Waals surface area contributed by atoms with Gasteiger partial charge >= 0.3 is 0 Å². The van der Waals surface area contributed by atoms with Crippen LogP contribution in [-0.4, -0.2) is 63.6 Å². The van der Waals surface area contributed by atoms with Gasteiger partial charge in [0.05, 0.1) is 6.61 Å². The Balaban J connectivity index is 2.67. The van der Waals surface area contributed by atoms with Crippen molar-refractivity contribution in [3.63, 3.8) is 0 Å². The van der Waals surface area contributed by atoms with Crippen LogP contribution in [0.4, 0.5) is 0 Å². The van der Waals surface area contributed by atoms with Crippen molar-refractivity contribution < 1.29 is 30.0 Å². The van der Waals surface area contributed by atoms with Crippen molar-refractivity contribution in [2.45, 2.75) is 44.0 Å². The maximum absolute atomic E-state index is 11.1. The van der Waals surface area contributed by atoms with E-state index in [0.717, 1.165) is 0 Å². The molecule has 5 atom stereocenters. The van der Waals surface area contributed by atoms with E-state index in [2.05, 4.69) is 5.32 Å². The van der Waals surface area contributed by atoms with Crippen LogP contribution in [0.2, 0.25) is 0 Å². The van der Waals surface area contributed by atoms with E-state index >= 15 is 0 Å². The second-order valence-electron chi connectivity index (χ2n) is 3.68. The predicted molar refractivity (Wildman–Crippen MR) is 52.2 cm³/mol. The molecule has 1 fully saturated rings. The van der Waals surface area contributed by atoms with Crippen LogP contribution in [0.25, 0.3) is 0 Å². The zero-order chi connectivity index (χ0) is 12.3. The zero-order valence-electron chi connectivity index (χ0n) is 8.91. The molecule has 1 aliphatic rings. The summed E-state index contributed by atoms with van der Waals surface area (Å²) in [4.78, 5) is 11.1. The van der Waals surface area contributed by atoms with E-state index in [4.69, 9.17) is 9.84 Å². The Bertz CT molecular complexity index is 248. The molecule has 0 aromatic carbocycles. The molecule has 1 rings (SSSR count). The number of nitrogens with one attached hydrogen (secondary N) is 1. The first kappa shape index (κ1) is 13.3. The van der Waals surface area contributed by atoms with E-state index in [1.165, 1.54) is 0 Å². The summed E-state index contributed by atoms with van der Waals surface area (Å²) in [6.45, 7) is 1.09. The monoisotopic (exact) mass is 235 g/mol. The van der Waals surface area contributed by atoms with E-state index in [1.54, 1.807) is 6.92 Å². The number of hydrogen-bond acceptors (Lipinski definition) is 6. The summed E-state index contributed by atoms with van der Waals surface area (Å²) in [6, 6.07) is -1.09. The number of carbonyl (C=O) groups is 1. The molecule has 0 saturated carbocycles. The van der Waals surface area contributed by atoms with Crippen LogP contribution in [-0.2, 0) is 9.53 Å². The Labute approximate surface area is 92.7 Å². The Morgan fingerprint density at radius 1 is 1.31 bits per heavy atom. The number of ether oxygens (including phenoxy) is 1. The van der Waals surface area contributed by atoms with Crippen LogP contribution in [0.15, 0.2) is 0 Å². The minimum absolute atomic E-state index is 0.190. The van der Waals surface area contributed by atoms with Crippen LogP contribution < -0.4 is 5.32 Å². The van der Waals surface area contributed by atoms with E-state index in [0.29, 0.717) is 0 Å². The second-order valence-corrected chi connectivity index (χ2v) is 3.68. The molecule has 1 aliphatic heterocycles. The summed E-state index contributed by atoms with van der Waals surface area (Å²) in [5, 5.41) is 39.8. The topological polar surface area (TPSA) is 119 Å². The fraction of sp³-hybridized carbons (Fsp3) is 0.889. The highest BCUT2D eigenvalue weighted by atomic mass is 16.6. The second kappa shape index (κ2) is 5.55. The van der Waals surface area contributed by atoms with Gasteiger partial charge in [0.1, 0.15) is 24.4 Å². The molecule has 1 amide bonds. The molecule has 1 heterocycles. The summed E-state index contributed by atoms with van der Waals surface area (Å²) in [7, 11) is 0. The van der Waals surface area contributed by atoms with Gasteiger partial charge in [0.15, 0.2) is 6.29 Å². The number of rotatable bonds is 3. The Kier molecular flexibility index (Phi) is 4.63. The molecule has 0 aromatic rings. The van der Waals surface area contributed by atoms with Gasteiger partial charge in [-0.3, -0.25) is 4.79 Å². The molecule has 0 bridgehead atoms. The SMILES string of the molecule is CCC(=O)N[C@H]1[C@H](O)[C@H](O)[C@H](CO)O[C@@H]1O. The summed E-state index contributed by atoms with van der Waals surface area (Å²) >= 11 is 0. The van der Waals surface area contributed by atoms with Crippen LogP contribution in [0.3, 0.4) is 0 Å². The van der Waals surface area contributed by atoms with Crippen molar-refractivity contribution in [3.8, 4) is 0 Å². The van der Waals surface area contributed by atoms with Gasteiger partial charge < -0.3 is 30.5 Å². The lowest BCUT2D eigenvalue weighted by atomic mass is 9.97. The van der Waals surface area contributed by atoms with Gasteiger partial charge in [0.25, 0.3) is 0 Å². The first-order valence-electron chi connectivity index (χ1n) is 5.11. The fourth-order valence-corrected chi connectivity index (χ4v) is 1.54. The smallest absolute Gasteiger partial charge is 0.220 e. The molecule has 16 heavy (non-hydrogen) atoms. The molecule has 7 nitrogen and oxygen atoms in total. The quantitative estimate of drug-likeness (QED) is 0.363. The molecule has 0 spiro atoms. The average Bonchev–Trinajstić information content (AvgIpc) is 2.28. The zero-order valence-corrected chi connectivity index (χ0v) is 8.91. The molecule has 0 aromatic heterocycles. The fourth-order valence-electron chi connectivity index (χ4n) is 1.54. The summed E-state index contributed by atoms with van der Waals surface area (Å²) in [5.74, 6) is -0.374. The highest BCUT2D eigenvalue weighted by molar-refractivity contribution is 5.76. The van der Waals surface area contributed by atoms with Gasteiger partial charge in [-0.25, -0.2) is 0 Å². The number of amides is 1. The molecule has 1 saturated heterocycles. The third kappa shape index (κ3) is 2.69. The summed E-state index contributed by atoms with van der Waals surface area (Å²) in [5.41, 5.74) is 0. The van der Waals surface area contributed by atoms with Crippen molar-refractivity contribution in [2.24, 2.45) is 0 Å². The minimum Gasteiger partial charge on any atom is -0.394 e. The molecule has 0 aliphatic carbocycles. The van der Waals surface area contributed by atoms with Gasteiger partial charge in [0, 0.05) is 6.42 Å². The van der Waals surface area contributed by atoms with Crippen LogP contribution in [0.5, 0.6) is 0 Å². The molecular formula is C9H17NO6. The average molecular weight is 235 g/mol. The Morgan fingerprint density at radius 3 is 2.44 bits per heavy atom. The minimum atomic E-state index is -1.45. The standard InChI is InChI=1S/C9H17NO6/c1-2-5(12)10-6-8(14)7(13)4(3-11)16-9(6)15/h4,6-9,11,13-15H,2-3H2,1H3,(H,10,12)/t4-,6-,7+,8-,9-/m0/s1. The molecule has 7 heteroatoms. The molecule has 0 radical (unpaired) electrons. The number of aliphatic hydroxyl groups excluding tert-OH is 4. The van der Waals surface area contributed by atoms with Crippen molar-refractivity contribution in [3.05, 3.63) is 0 Å². The van der Waals surface area contributed by atoms with Crippen LogP contribution in [0.1, 0.15) is 13.3 Å². The third-order valence-electron chi connectivity index (χ3n) is 2.55. The third-order valence-corrected chi connectivity index (χ3v) is 2.55. The normalized spacial score (nSPS) is 39.4. The van der Waals surface area contributed by atoms with Crippen molar-refractivity contribution in [1.82, 2.24) is 5.32 Å². The maximum atomic E-state index is 11.1. The van der Waals surface area contributed by atoms with Gasteiger partial charge in [-0.15, -0.1) is 0 Å². The molecule has 94 valence electrons. The van der Waals surface area contributed by atoms with Crippen LogP contribution >= 0.6 is 0 Å². The number of hydrogen-bond donors (Lipinski definition) is 5. The van der Waals surface area contributed by atoms with Crippen molar-refractivity contribution >= 4 is 5.91 Å². The molecule has 0 unspecified atom stereocenters. The van der Waals surface area contributed by atoms with Gasteiger partial charge in [-0.05, 0) is 0 Å². The lowest BCUT2D eigenvalue weighted by Crippen LogP contribution is -2.64. The van der Waals surface area contributed by atoms with Crippen molar-refractivity contribution in [1.29, 1.82) is 0 Å². The first-order chi connectivity index (χ1) is 7.51. The Morgan fingerprint density at radius 2 is 1.94 bits per heavy atom. The van der Waals surface area contributed by atoms with Crippen molar-refractivity contribution in [2.75, 3.05) is 6.61 Å². The van der Waals surface area contributed by atoms with Gasteiger partial charge in [0.2, 0.25) is 5.91 Å². The highest BCUT2D eigenvalue weighted by Crippen LogP contribution is 2.19. The Hall–Kier alpha value is -0.730. The number of carbonyl (C=O) groups excluding carboxylic acids is 1. The predicted octanol–water partition coefficient (Wildman–Crippen LogP) is -2.69. The van der Waals surface area contributed by atoms with E-state index < -0.39 is 37.3 Å². The van der Waals surface area contributed by atoms with E-state index in [1.807, 2.05) is 0 Å². The number of aliphatic hydroxyl groups is 4. The van der Waals surface area contributed by atoms with Gasteiger partial charge in [-0.1, -0.05) is 6.92 Å². The highest BCUT2D eigenvalue weighted by Gasteiger charge is 2.44. The van der Waals surface area contributed by atoms with E-state index in [-0.39, 0.29) is 12.3 Å². The lowest BCUT2D eigenvalue weighted by Gasteiger charge is -2.40. The molecule has 5 N–H and O–H groups in total.